The fourth-order valence-electron chi connectivity index (χ4n) is 4.18. The van der Waals surface area contributed by atoms with Crippen LogP contribution in [0.5, 0.6) is 23.0 Å². The summed E-state index contributed by atoms with van der Waals surface area (Å²) in [5.74, 6) is -0.568. The van der Waals surface area contributed by atoms with Crippen molar-refractivity contribution in [1.29, 1.82) is 0 Å². The number of phenolic OH excluding ortho intramolecular Hbond substituents is 2. The molecule has 1 aromatic heterocycles. The number of para-hydroxylation sites is 1. The molecule has 2 N–H and O–H groups in total. The van der Waals surface area contributed by atoms with Crippen LogP contribution in [0.15, 0.2) is 70.1 Å². The predicted octanol–water partition coefficient (Wildman–Crippen LogP) is 4.32. The lowest BCUT2D eigenvalue weighted by atomic mass is 9.85. The lowest BCUT2D eigenvalue weighted by Gasteiger charge is -2.26. The number of benzene rings is 3. The molecule has 3 aromatic carbocycles. The first-order chi connectivity index (χ1) is 15.5. The molecule has 0 saturated heterocycles. The van der Waals surface area contributed by atoms with Crippen molar-refractivity contribution in [3.8, 4) is 34.1 Å². The number of carbonyl (C=O) groups excluding carboxylic acids is 1. The Morgan fingerprint density at radius 2 is 1.75 bits per heavy atom. The molecule has 0 spiro atoms. The van der Waals surface area contributed by atoms with E-state index in [0.717, 1.165) is 5.56 Å². The molecule has 5 rings (SSSR count). The summed E-state index contributed by atoms with van der Waals surface area (Å²) in [6, 6.07) is 14.7. The Bertz CT molecular complexity index is 1420. The van der Waals surface area contributed by atoms with Crippen LogP contribution in [0.2, 0.25) is 0 Å². The molecule has 0 radical (unpaired) electrons. The molecule has 0 amide bonds. The normalized spacial score (nSPS) is 15.3. The second-order valence-electron chi connectivity index (χ2n) is 7.51. The van der Waals surface area contributed by atoms with Gasteiger partial charge in [0.15, 0.2) is 0 Å². The summed E-state index contributed by atoms with van der Waals surface area (Å²) in [6.45, 7) is 0. The minimum atomic E-state index is -0.477. The Hall–Kier alpha value is -4.26. The third-order valence-electron chi connectivity index (χ3n) is 5.66. The SMILES string of the molecule is COc1ccccc1-c1coc2c3c(cc(O)c2c1=O)OC(=O)C[C@@H]3c1ccc(O)cc1. The number of hydrogen-bond acceptors (Lipinski definition) is 7. The van der Waals surface area contributed by atoms with Crippen LogP contribution >= 0.6 is 0 Å². The fraction of sp³-hybridized carbons (Fsp3) is 0.120. The minimum Gasteiger partial charge on any atom is -0.508 e. The zero-order valence-electron chi connectivity index (χ0n) is 17.0. The Kier molecular flexibility index (Phi) is 4.59. The first-order valence-electron chi connectivity index (χ1n) is 9.92. The molecule has 7 heteroatoms. The van der Waals surface area contributed by atoms with Gasteiger partial charge in [0.25, 0.3) is 0 Å². The van der Waals surface area contributed by atoms with Crippen molar-refractivity contribution in [2.75, 3.05) is 7.11 Å². The van der Waals surface area contributed by atoms with Crippen molar-refractivity contribution in [1.82, 2.24) is 0 Å². The van der Waals surface area contributed by atoms with Crippen LogP contribution in [0, 0.1) is 0 Å². The van der Waals surface area contributed by atoms with Crippen LogP contribution in [0.1, 0.15) is 23.5 Å². The number of methoxy groups -OCH3 is 1. The van der Waals surface area contributed by atoms with Gasteiger partial charge in [-0.15, -0.1) is 0 Å². The van der Waals surface area contributed by atoms with Gasteiger partial charge in [-0.2, -0.15) is 0 Å². The van der Waals surface area contributed by atoms with E-state index >= 15 is 0 Å². The van der Waals surface area contributed by atoms with E-state index in [1.807, 2.05) is 0 Å². The highest BCUT2D eigenvalue weighted by atomic mass is 16.5. The van der Waals surface area contributed by atoms with Gasteiger partial charge in [-0.25, -0.2) is 0 Å². The van der Waals surface area contributed by atoms with E-state index in [1.54, 1.807) is 36.4 Å². The molecule has 1 aliphatic heterocycles. The zero-order valence-corrected chi connectivity index (χ0v) is 17.0. The number of rotatable bonds is 3. The van der Waals surface area contributed by atoms with Crippen molar-refractivity contribution >= 4 is 16.9 Å². The molecule has 0 unspecified atom stereocenters. The summed E-state index contributed by atoms with van der Waals surface area (Å²) < 4.78 is 16.6. The van der Waals surface area contributed by atoms with E-state index in [0.29, 0.717) is 16.9 Å². The zero-order chi connectivity index (χ0) is 22.4. The van der Waals surface area contributed by atoms with Crippen LogP contribution < -0.4 is 14.9 Å². The maximum absolute atomic E-state index is 13.4. The highest BCUT2D eigenvalue weighted by Gasteiger charge is 2.33. The number of fused-ring (bicyclic) bond motifs is 3. The van der Waals surface area contributed by atoms with Gasteiger partial charge in [-0.1, -0.05) is 30.3 Å². The summed E-state index contributed by atoms with van der Waals surface area (Å²) in [4.78, 5) is 25.7. The Balaban J connectivity index is 1.79. The largest absolute Gasteiger partial charge is 0.508 e. The first-order valence-corrected chi connectivity index (χ1v) is 9.92. The van der Waals surface area contributed by atoms with Crippen molar-refractivity contribution in [2.45, 2.75) is 12.3 Å². The minimum absolute atomic E-state index is 0.00566. The fourth-order valence-corrected chi connectivity index (χ4v) is 4.18. The molecule has 1 atom stereocenters. The molecule has 2 heterocycles. The number of phenols is 2. The highest BCUT2D eigenvalue weighted by Crippen LogP contribution is 2.46. The number of aromatic hydroxyl groups is 2. The van der Waals surface area contributed by atoms with Gasteiger partial charge < -0.3 is 24.1 Å². The third-order valence-corrected chi connectivity index (χ3v) is 5.66. The molecule has 32 heavy (non-hydrogen) atoms. The monoisotopic (exact) mass is 430 g/mol. The van der Waals surface area contributed by atoms with E-state index in [9.17, 15) is 19.8 Å². The molecule has 1 aliphatic rings. The van der Waals surface area contributed by atoms with Crippen molar-refractivity contribution in [2.24, 2.45) is 0 Å². The third kappa shape index (κ3) is 3.06. The highest BCUT2D eigenvalue weighted by molar-refractivity contribution is 5.94. The molecular weight excluding hydrogens is 412 g/mol. The average Bonchev–Trinajstić information content (AvgIpc) is 2.79. The molecule has 0 saturated carbocycles. The maximum Gasteiger partial charge on any atom is 0.312 e. The topological polar surface area (TPSA) is 106 Å². The molecule has 0 bridgehead atoms. The van der Waals surface area contributed by atoms with Crippen molar-refractivity contribution < 1.29 is 28.9 Å². The standard InChI is InChI=1S/C25H18O7/c1-30-19-5-3-2-4-15(19)17-12-31-25-22-16(13-6-8-14(26)9-7-13)10-21(28)32-20(22)11-18(27)23(25)24(17)29/h2-9,11-12,16,26-27H,10H2,1H3/t16-/m1/s1. The summed E-state index contributed by atoms with van der Waals surface area (Å²) in [5.41, 5.74) is 1.71. The lowest BCUT2D eigenvalue weighted by Crippen LogP contribution is -2.22. The van der Waals surface area contributed by atoms with Crippen molar-refractivity contribution in [3.05, 3.63) is 82.2 Å². The van der Waals surface area contributed by atoms with Gasteiger partial charge in [-0.05, 0) is 23.8 Å². The van der Waals surface area contributed by atoms with E-state index in [1.165, 1.54) is 31.6 Å². The van der Waals surface area contributed by atoms with Gasteiger partial charge >= 0.3 is 5.97 Å². The van der Waals surface area contributed by atoms with E-state index in [4.69, 9.17) is 13.9 Å². The second kappa shape index (κ2) is 7.46. The number of hydrogen-bond donors (Lipinski definition) is 2. The average molecular weight is 430 g/mol. The molecular formula is C25H18O7. The summed E-state index contributed by atoms with van der Waals surface area (Å²) in [6.07, 6.45) is 1.35. The van der Waals surface area contributed by atoms with Gasteiger partial charge in [0.1, 0.15) is 40.2 Å². The van der Waals surface area contributed by atoms with E-state index < -0.39 is 17.3 Å². The van der Waals surface area contributed by atoms with E-state index in [2.05, 4.69) is 0 Å². The number of ether oxygens (including phenoxy) is 2. The first kappa shape index (κ1) is 19.7. The molecule has 7 nitrogen and oxygen atoms in total. The van der Waals surface area contributed by atoms with Gasteiger partial charge in [0, 0.05) is 23.1 Å². The maximum atomic E-state index is 13.4. The summed E-state index contributed by atoms with van der Waals surface area (Å²) in [5, 5.41) is 20.3. The quantitative estimate of drug-likeness (QED) is 0.368. The van der Waals surface area contributed by atoms with Crippen LogP contribution in [-0.4, -0.2) is 23.3 Å². The molecule has 160 valence electrons. The van der Waals surface area contributed by atoms with Gasteiger partial charge in [0.05, 0.1) is 19.1 Å². The molecule has 0 aliphatic carbocycles. The van der Waals surface area contributed by atoms with Crippen LogP contribution in [0.4, 0.5) is 0 Å². The number of esters is 1. The van der Waals surface area contributed by atoms with Crippen LogP contribution in [-0.2, 0) is 4.79 Å². The Labute approximate surface area is 182 Å². The van der Waals surface area contributed by atoms with Gasteiger partial charge in [0.2, 0.25) is 5.43 Å². The van der Waals surface area contributed by atoms with Crippen LogP contribution in [0.3, 0.4) is 0 Å². The predicted molar refractivity (Wildman–Crippen MR) is 116 cm³/mol. The second-order valence-corrected chi connectivity index (χ2v) is 7.51. The summed E-state index contributed by atoms with van der Waals surface area (Å²) in [7, 11) is 1.51. The number of carbonyl (C=O) groups is 1. The molecule has 0 fully saturated rings. The Morgan fingerprint density at radius 3 is 2.50 bits per heavy atom. The summed E-state index contributed by atoms with van der Waals surface area (Å²) >= 11 is 0. The lowest BCUT2D eigenvalue weighted by molar-refractivity contribution is -0.135. The molecule has 4 aromatic rings. The Morgan fingerprint density at radius 1 is 1.00 bits per heavy atom. The van der Waals surface area contributed by atoms with Gasteiger partial charge in [-0.3, -0.25) is 9.59 Å². The van der Waals surface area contributed by atoms with Crippen molar-refractivity contribution in [3.63, 3.8) is 0 Å². The smallest absolute Gasteiger partial charge is 0.312 e. The van der Waals surface area contributed by atoms with E-state index in [-0.39, 0.29) is 40.2 Å². The van der Waals surface area contributed by atoms with Crippen LogP contribution in [0.25, 0.3) is 22.1 Å².